The number of rotatable bonds is 4. The van der Waals surface area contributed by atoms with Gasteiger partial charge in [-0.05, 0) is 19.8 Å². The zero-order valence-corrected chi connectivity index (χ0v) is 13.2. The molecule has 0 amide bonds. The normalized spacial score (nSPS) is 13.5. The molecule has 0 bridgehead atoms. The minimum atomic E-state index is 0. The largest absolute Gasteiger partial charge is 0.309 e. The molecule has 1 aromatic carbocycles. The highest BCUT2D eigenvalue weighted by Gasteiger charge is 2.21. The fourth-order valence-corrected chi connectivity index (χ4v) is 2.84. The Morgan fingerprint density at radius 3 is 2.53 bits per heavy atom. The second-order valence-corrected chi connectivity index (χ2v) is 5.63. The number of benzene rings is 1. The van der Waals surface area contributed by atoms with Gasteiger partial charge in [-0.1, -0.05) is 30.3 Å². The number of hydrogen-bond donors (Lipinski definition) is 1. The van der Waals surface area contributed by atoms with Gasteiger partial charge in [0.25, 0.3) is 0 Å². The Labute approximate surface area is 130 Å². The van der Waals surface area contributed by atoms with Gasteiger partial charge < -0.3 is 5.32 Å². The molecule has 0 atom stereocenters. The van der Waals surface area contributed by atoms with E-state index in [-0.39, 0.29) is 24.8 Å². The van der Waals surface area contributed by atoms with Crippen molar-refractivity contribution in [2.75, 3.05) is 0 Å². The lowest BCUT2D eigenvalue weighted by molar-refractivity contribution is 0.691. The molecule has 1 saturated carbocycles. The molecule has 1 fully saturated rings. The summed E-state index contributed by atoms with van der Waals surface area (Å²) in [6.45, 7) is 3.08. The minimum Gasteiger partial charge on any atom is -0.309 e. The van der Waals surface area contributed by atoms with Crippen LogP contribution in [0.1, 0.15) is 23.4 Å². The summed E-state index contributed by atoms with van der Waals surface area (Å²) in [4.78, 5) is 6.03. The molecule has 0 saturated heterocycles. The smallest absolute Gasteiger partial charge is 0.123 e. The molecule has 1 aromatic heterocycles. The number of nitrogens with zero attached hydrogens (tertiary/aromatic N) is 1. The van der Waals surface area contributed by atoms with Crippen molar-refractivity contribution >= 4 is 36.2 Å². The highest BCUT2D eigenvalue weighted by Crippen LogP contribution is 2.28. The predicted molar refractivity (Wildman–Crippen MR) is 86.6 cm³/mol. The monoisotopic (exact) mass is 316 g/mol. The van der Waals surface area contributed by atoms with E-state index in [0.29, 0.717) is 0 Å². The van der Waals surface area contributed by atoms with Crippen molar-refractivity contribution in [3.8, 4) is 10.6 Å². The molecule has 2 aromatic rings. The maximum Gasteiger partial charge on any atom is 0.123 e. The van der Waals surface area contributed by atoms with E-state index in [9.17, 15) is 0 Å². The van der Waals surface area contributed by atoms with Gasteiger partial charge in [0.1, 0.15) is 5.01 Å². The van der Waals surface area contributed by atoms with Crippen molar-refractivity contribution in [3.63, 3.8) is 0 Å². The topological polar surface area (TPSA) is 24.9 Å². The van der Waals surface area contributed by atoms with E-state index in [1.165, 1.54) is 29.0 Å². The van der Waals surface area contributed by atoms with Crippen LogP contribution in [0.2, 0.25) is 0 Å². The van der Waals surface area contributed by atoms with Crippen LogP contribution in [0.15, 0.2) is 30.3 Å². The van der Waals surface area contributed by atoms with E-state index in [4.69, 9.17) is 0 Å². The van der Waals surface area contributed by atoms with Crippen molar-refractivity contribution in [1.82, 2.24) is 10.3 Å². The summed E-state index contributed by atoms with van der Waals surface area (Å²) in [7, 11) is 0. The molecule has 1 aliphatic carbocycles. The number of aromatic nitrogens is 1. The molecule has 0 aliphatic heterocycles. The van der Waals surface area contributed by atoms with Crippen LogP contribution < -0.4 is 5.32 Å². The summed E-state index contributed by atoms with van der Waals surface area (Å²) in [5.74, 6) is 0. The average molecular weight is 317 g/mol. The second-order valence-electron chi connectivity index (χ2n) is 4.55. The van der Waals surface area contributed by atoms with Gasteiger partial charge >= 0.3 is 0 Å². The van der Waals surface area contributed by atoms with Gasteiger partial charge in [0, 0.05) is 23.0 Å². The van der Waals surface area contributed by atoms with Crippen LogP contribution >= 0.6 is 36.2 Å². The maximum atomic E-state index is 4.66. The Kier molecular flexibility index (Phi) is 6.27. The van der Waals surface area contributed by atoms with E-state index in [2.05, 4.69) is 41.5 Å². The molecule has 2 nitrogen and oxygen atoms in total. The molecule has 1 heterocycles. The number of halogens is 2. The van der Waals surface area contributed by atoms with Crippen LogP contribution in [0.25, 0.3) is 10.6 Å². The molecule has 0 unspecified atom stereocenters. The molecule has 0 radical (unpaired) electrons. The predicted octanol–water partition coefficient (Wildman–Crippen LogP) is 4.21. The van der Waals surface area contributed by atoms with Crippen LogP contribution in [0.3, 0.4) is 0 Å². The summed E-state index contributed by atoms with van der Waals surface area (Å²) < 4.78 is 0. The SMILES string of the molecule is Cc1nc(-c2ccccc2)sc1CNC1CC1.Cl.Cl. The van der Waals surface area contributed by atoms with Crippen molar-refractivity contribution in [2.24, 2.45) is 0 Å². The van der Waals surface area contributed by atoms with E-state index in [0.717, 1.165) is 17.6 Å². The number of thiazole rings is 1. The van der Waals surface area contributed by atoms with Crippen molar-refractivity contribution in [1.29, 1.82) is 0 Å². The molecule has 5 heteroatoms. The Balaban J connectivity index is 0.000000902. The van der Waals surface area contributed by atoms with Crippen LogP contribution in [0, 0.1) is 6.92 Å². The average Bonchev–Trinajstić information content (AvgIpc) is 3.12. The van der Waals surface area contributed by atoms with E-state index in [1.54, 1.807) is 0 Å². The van der Waals surface area contributed by atoms with Crippen LogP contribution in [0.5, 0.6) is 0 Å². The molecule has 104 valence electrons. The van der Waals surface area contributed by atoms with Crippen LogP contribution in [-0.4, -0.2) is 11.0 Å². The van der Waals surface area contributed by atoms with Gasteiger partial charge in [0.15, 0.2) is 0 Å². The Bertz CT molecular complexity index is 509. The van der Waals surface area contributed by atoms with Crippen LogP contribution in [-0.2, 0) is 6.54 Å². The van der Waals surface area contributed by atoms with Gasteiger partial charge in [-0.3, -0.25) is 0 Å². The summed E-state index contributed by atoms with van der Waals surface area (Å²) >= 11 is 1.81. The zero-order chi connectivity index (χ0) is 11.7. The van der Waals surface area contributed by atoms with E-state index < -0.39 is 0 Å². The second kappa shape index (κ2) is 7.25. The minimum absolute atomic E-state index is 0. The zero-order valence-electron chi connectivity index (χ0n) is 10.8. The molecule has 19 heavy (non-hydrogen) atoms. The van der Waals surface area contributed by atoms with Gasteiger partial charge in [-0.25, -0.2) is 4.98 Å². The third-order valence-electron chi connectivity index (χ3n) is 3.04. The Hall–Kier alpha value is -0.610. The first kappa shape index (κ1) is 16.4. The lowest BCUT2D eigenvalue weighted by Gasteiger charge is -1.99. The summed E-state index contributed by atoms with van der Waals surface area (Å²) in [6, 6.07) is 11.2. The molecular weight excluding hydrogens is 299 g/mol. The fraction of sp³-hybridized carbons (Fsp3) is 0.357. The van der Waals surface area contributed by atoms with Crippen molar-refractivity contribution < 1.29 is 0 Å². The molecule has 3 rings (SSSR count). The van der Waals surface area contributed by atoms with Crippen molar-refractivity contribution in [3.05, 3.63) is 40.9 Å². The first-order valence-electron chi connectivity index (χ1n) is 6.08. The molecule has 1 N–H and O–H groups in total. The van der Waals surface area contributed by atoms with E-state index >= 15 is 0 Å². The number of aryl methyl sites for hydroxylation is 1. The van der Waals surface area contributed by atoms with Crippen molar-refractivity contribution in [2.45, 2.75) is 32.4 Å². The third kappa shape index (κ3) is 4.18. The van der Waals surface area contributed by atoms with Gasteiger partial charge in [-0.2, -0.15) is 0 Å². The van der Waals surface area contributed by atoms with E-state index in [1.807, 2.05) is 17.4 Å². The first-order valence-corrected chi connectivity index (χ1v) is 6.89. The fourth-order valence-electron chi connectivity index (χ4n) is 1.82. The standard InChI is InChI=1S/C14H16N2S.2ClH/c1-10-13(9-15-12-7-8-12)17-14(16-10)11-5-3-2-4-6-11;;/h2-6,12,15H,7-9H2,1H3;2*1H. The highest BCUT2D eigenvalue weighted by atomic mass is 35.5. The summed E-state index contributed by atoms with van der Waals surface area (Å²) in [6.07, 6.45) is 2.67. The van der Waals surface area contributed by atoms with Gasteiger partial charge in [0.2, 0.25) is 0 Å². The molecular formula is C14H18Cl2N2S. The van der Waals surface area contributed by atoms with Crippen LogP contribution in [0.4, 0.5) is 0 Å². The molecule has 0 spiro atoms. The van der Waals surface area contributed by atoms with Gasteiger partial charge in [-0.15, -0.1) is 36.2 Å². The quantitative estimate of drug-likeness (QED) is 0.913. The highest BCUT2D eigenvalue weighted by molar-refractivity contribution is 7.15. The number of nitrogens with one attached hydrogen (secondary N) is 1. The lowest BCUT2D eigenvalue weighted by Crippen LogP contribution is -2.14. The summed E-state index contributed by atoms with van der Waals surface area (Å²) in [5, 5.41) is 4.68. The molecule has 1 aliphatic rings. The maximum absolute atomic E-state index is 4.66. The Morgan fingerprint density at radius 2 is 1.89 bits per heavy atom. The first-order chi connectivity index (χ1) is 8.33. The Morgan fingerprint density at radius 1 is 1.21 bits per heavy atom. The number of hydrogen-bond acceptors (Lipinski definition) is 3. The third-order valence-corrected chi connectivity index (χ3v) is 4.25. The van der Waals surface area contributed by atoms with Gasteiger partial charge in [0.05, 0.1) is 5.69 Å². The lowest BCUT2D eigenvalue weighted by atomic mass is 10.2. The summed E-state index contributed by atoms with van der Waals surface area (Å²) in [5.41, 5.74) is 2.39.